The molecule has 2 aromatic rings. The number of nitrogens with one attached hydrogen (secondary N) is 3. The van der Waals surface area contributed by atoms with Crippen molar-refractivity contribution in [1.82, 2.24) is 15.3 Å². The molecule has 0 unspecified atom stereocenters. The van der Waals surface area contributed by atoms with Crippen molar-refractivity contribution in [3.05, 3.63) is 23.5 Å². The van der Waals surface area contributed by atoms with Gasteiger partial charge in [0, 0.05) is 43.6 Å². The smallest absolute Gasteiger partial charge is 0.253 e. The molecular formula is C21H31ClN4O2. The molecule has 0 radical (unpaired) electrons. The van der Waals surface area contributed by atoms with Gasteiger partial charge in [0.25, 0.3) is 5.91 Å². The van der Waals surface area contributed by atoms with E-state index in [0.29, 0.717) is 24.1 Å². The summed E-state index contributed by atoms with van der Waals surface area (Å²) in [4.78, 5) is 20.8. The lowest BCUT2D eigenvalue weighted by molar-refractivity contribution is 0.0643. The normalized spacial score (nSPS) is 18.6. The van der Waals surface area contributed by atoms with Crippen LogP contribution in [0.2, 0.25) is 0 Å². The van der Waals surface area contributed by atoms with Crippen molar-refractivity contribution in [3.8, 4) is 0 Å². The summed E-state index contributed by atoms with van der Waals surface area (Å²) < 4.78 is 5.40. The quantitative estimate of drug-likeness (QED) is 0.695. The number of rotatable bonds is 5. The largest absolute Gasteiger partial charge is 0.381 e. The van der Waals surface area contributed by atoms with Gasteiger partial charge in [-0.1, -0.05) is 19.3 Å². The number of fused-ring (bicyclic) bond motifs is 1. The van der Waals surface area contributed by atoms with Crippen LogP contribution in [0.25, 0.3) is 10.9 Å². The number of pyridine rings is 1. The van der Waals surface area contributed by atoms with Crippen molar-refractivity contribution >= 4 is 35.0 Å². The molecule has 2 aliphatic rings. The van der Waals surface area contributed by atoms with E-state index in [1.807, 2.05) is 13.1 Å². The summed E-state index contributed by atoms with van der Waals surface area (Å²) in [6.45, 7) is 4.34. The number of ether oxygens (including phenoxy) is 1. The van der Waals surface area contributed by atoms with Gasteiger partial charge in [-0.2, -0.15) is 0 Å². The lowest BCUT2D eigenvalue weighted by atomic mass is 9.95. The molecule has 1 amide bonds. The van der Waals surface area contributed by atoms with Crippen LogP contribution in [0.3, 0.4) is 0 Å². The lowest BCUT2D eigenvalue weighted by Crippen LogP contribution is -2.32. The Balaban J connectivity index is 0.00000225. The molecule has 0 atom stereocenters. The maximum absolute atomic E-state index is 12.8. The zero-order chi connectivity index (χ0) is 18.6. The predicted molar refractivity (Wildman–Crippen MR) is 114 cm³/mol. The van der Waals surface area contributed by atoms with E-state index in [1.54, 1.807) is 6.20 Å². The monoisotopic (exact) mass is 406 g/mol. The number of aromatic nitrogens is 2. The Hall–Kier alpha value is -1.79. The highest BCUT2D eigenvalue weighted by Gasteiger charge is 2.21. The van der Waals surface area contributed by atoms with Crippen LogP contribution in [0.15, 0.2) is 12.4 Å². The zero-order valence-corrected chi connectivity index (χ0v) is 17.4. The molecule has 4 rings (SSSR count). The summed E-state index contributed by atoms with van der Waals surface area (Å²) in [7, 11) is 0. The molecule has 3 N–H and O–H groups in total. The molecule has 6 nitrogen and oxygen atoms in total. The number of halogens is 1. The summed E-state index contributed by atoms with van der Waals surface area (Å²) in [5.74, 6) is 1.34. The van der Waals surface area contributed by atoms with Gasteiger partial charge in [-0.3, -0.25) is 4.79 Å². The fourth-order valence-electron chi connectivity index (χ4n) is 4.32. The van der Waals surface area contributed by atoms with Crippen LogP contribution in [-0.4, -0.2) is 41.7 Å². The van der Waals surface area contributed by atoms with Gasteiger partial charge in [-0.15, -0.1) is 12.4 Å². The molecule has 0 spiro atoms. The van der Waals surface area contributed by atoms with Crippen LogP contribution in [0.5, 0.6) is 0 Å². The summed E-state index contributed by atoms with van der Waals surface area (Å²) in [5.41, 5.74) is 2.68. The van der Waals surface area contributed by atoms with Gasteiger partial charge in [-0.25, -0.2) is 4.98 Å². The molecule has 2 aromatic heterocycles. The number of amides is 1. The number of hydrogen-bond donors (Lipinski definition) is 3. The van der Waals surface area contributed by atoms with E-state index in [0.717, 1.165) is 48.3 Å². The van der Waals surface area contributed by atoms with E-state index in [-0.39, 0.29) is 18.3 Å². The van der Waals surface area contributed by atoms with Crippen molar-refractivity contribution in [2.45, 2.75) is 57.9 Å². The van der Waals surface area contributed by atoms with Gasteiger partial charge in [-0.05, 0) is 44.1 Å². The standard InChI is InChI=1S/C21H30N4O2.ClH/c1-14-11-22-19-18(14)17(21(26)24-12-15-7-9-27-10-8-15)13-23-20(19)25-16-5-3-2-4-6-16;/h11,13,15-16,22H,2-10,12H2,1H3,(H,23,25)(H,24,26);1H. The Morgan fingerprint density at radius 1 is 1.21 bits per heavy atom. The van der Waals surface area contributed by atoms with Crippen LogP contribution >= 0.6 is 12.4 Å². The third-order valence-corrected chi connectivity index (χ3v) is 5.99. The fourth-order valence-corrected chi connectivity index (χ4v) is 4.32. The van der Waals surface area contributed by atoms with Crippen LogP contribution < -0.4 is 10.6 Å². The summed E-state index contributed by atoms with van der Waals surface area (Å²) in [6.07, 6.45) is 12.0. The Kier molecular flexibility index (Phi) is 7.18. The molecule has 0 bridgehead atoms. The molecule has 1 saturated carbocycles. The molecule has 3 heterocycles. The first-order chi connectivity index (χ1) is 13.2. The maximum atomic E-state index is 12.8. The number of aryl methyl sites for hydroxylation is 1. The Bertz CT molecular complexity index is 795. The second kappa shape index (κ2) is 9.61. The van der Waals surface area contributed by atoms with E-state index in [9.17, 15) is 4.79 Å². The second-order valence-electron chi connectivity index (χ2n) is 7.99. The van der Waals surface area contributed by atoms with Gasteiger partial charge >= 0.3 is 0 Å². The first-order valence-corrected chi connectivity index (χ1v) is 10.3. The molecule has 1 aliphatic heterocycles. The molecule has 1 aliphatic carbocycles. The lowest BCUT2D eigenvalue weighted by Gasteiger charge is -2.24. The number of carbonyl (C=O) groups excluding carboxylic acids is 1. The van der Waals surface area contributed by atoms with Crippen molar-refractivity contribution < 1.29 is 9.53 Å². The van der Waals surface area contributed by atoms with Crippen molar-refractivity contribution in [3.63, 3.8) is 0 Å². The van der Waals surface area contributed by atoms with Gasteiger partial charge in [0.2, 0.25) is 0 Å². The van der Waals surface area contributed by atoms with Crippen LogP contribution in [0, 0.1) is 12.8 Å². The van der Waals surface area contributed by atoms with E-state index < -0.39 is 0 Å². The first kappa shape index (κ1) is 20.9. The average molecular weight is 407 g/mol. The number of H-pyrrole nitrogens is 1. The Morgan fingerprint density at radius 3 is 2.71 bits per heavy atom. The third-order valence-electron chi connectivity index (χ3n) is 5.99. The minimum atomic E-state index is -0.0362. The maximum Gasteiger partial charge on any atom is 0.253 e. The molecular weight excluding hydrogens is 376 g/mol. The van der Waals surface area contributed by atoms with Gasteiger partial charge in [0.1, 0.15) is 0 Å². The highest BCUT2D eigenvalue weighted by atomic mass is 35.5. The first-order valence-electron chi connectivity index (χ1n) is 10.3. The highest BCUT2D eigenvalue weighted by Crippen LogP contribution is 2.29. The third kappa shape index (κ3) is 4.61. The van der Waals surface area contributed by atoms with Crippen LogP contribution in [0.1, 0.15) is 60.9 Å². The second-order valence-corrected chi connectivity index (χ2v) is 7.99. The predicted octanol–water partition coefficient (Wildman–Crippen LogP) is 4.19. The number of nitrogens with zero attached hydrogens (tertiary/aromatic N) is 1. The topological polar surface area (TPSA) is 79.0 Å². The number of aromatic amines is 1. The number of carbonyl (C=O) groups is 1. The van der Waals surface area contributed by atoms with Gasteiger partial charge < -0.3 is 20.4 Å². The Morgan fingerprint density at radius 2 is 1.96 bits per heavy atom. The van der Waals surface area contributed by atoms with E-state index in [4.69, 9.17) is 4.74 Å². The van der Waals surface area contributed by atoms with E-state index in [2.05, 4.69) is 20.6 Å². The number of anilines is 1. The molecule has 28 heavy (non-hydrogen) atoms. The summed E-state index contributed by atoms with van der Waals surface area (Å²) in [5, 5.41) is 7.69. The molecule has 0 aromatic carbocycles. The highest BCUT2D eigenvalue weighted by molar-refractivity contribution is 6.09. The Labute approximate surface area is 172 Å². The SMILES string of the molecule is Cc1c[nH]c2c(NC3CCCCC3)ncc(C(=O)NCC3CCOCC3)c12.Cl. The van der Waals surface area contributed by atoms with Gasteiger partial charge in [0.15, 0.2) is 5.82 Å². The van der Waals surface area contributed by atoms with Crippen molar-refractivity contribution in [2.24, 2.45) is 5.92 Å². The summed E-state index contributed by atoms with van der Waals surface area (Å²) >= 11 is 0. The summed E-state index contributed by atoms with van der Waals surface area (Å²) in [6, 6.07) is 0.478. The molecule has 1 saturated heterocycles. The number of hydrogen-bond acceptors (Lipinski definition) is 4. The van der Waals surface area contributed by atoms with Crippen LogP contribution in [-0.2, 0) is 4.74 Å². The van der Waals surface area contributed by atoms with E-state index >= 15 is 0 Å². The van der Waals surface area contributed by atoms with Crippen molar-refractivity contribution in [1.29, 1.82) is 0 Å². The average Bonchev–Trinajstić information content (AvgIpc) is 3.10. The zero-order valence-electron chi connectivity index (χ0n) is 16.6. The molecule has 154 valence electrons. The van der Waals surface area contributed by atoms with E-state index in [1.165, 1.54) is 32.1 Å². The van der Waals surface area contributed by atoms with Gasteiger partial charge in [0.05, 0.1) is 11.1 Å². The minimum absolute atomic E-state index is 0. The molecule has 7 heteroatoms. The fraction of sp³-hybridized carbons (Fsp3) is 0.619. The molecule has 2 fully saturated rings. The van der Waals surface area contributed by atoms with Crippen molar-refractivity contribution in [2.75, 3.05) is 25.1 Å². The minimum Gasteiger partial charge on any atom is -0.381 e. The van der Waals surface area contributed by atoms with Crippen LogP contribution in [0.4, 0.5) is 5.82 Å².